The lowest BCUT2D eigenvalue weighted by Crippen LogP contribution is -2.30. The van der Waals surface area contributed by atoms with Gasteiger partial charge in [-0.15, -0.1) is 0 Å². The van der Waals surface area contributed by atoms with E-state index in [1.54, 1.807) is 6.92 Å². The molecular weight excluding hydrogens is 328 g/mol. The Kier molecular flexibility index (Phi) is 5.55. The van der Waals surface area contributed by atoms with Gasteiger partial charge in [0.25, 0.3) is 5.91 Å². The Morgan fingerprint density at radius 3 is 2.67 bits per heavy atom. The second-order valence-electron chi connectivity index (χ2n) is 5.33. The predicted octanol–water partition coefficient (Wildman–Crippen LogP) is 2.11. The first kappa shape index (κ1) is 17.9. The van der Waals surface area contributed by atoms with Crippen LogP contribution in [0.5, 0.6) is 11.5 Å². The zero-order valence-corrected chi connectivity index (χ0v) is 13.0. The van der Waals surface area contributed by atoms with Gasteiger partial charge >= 0.3 is 12.6 Å². The molecule has 0 saturated carbocycles. The first-order valence-electron chi connectivity index (χ1n) is 7.13. The second-order valence-corrected chi connectivity index (χ2v) is 5.33. The maximum Gasteiger partial charge on any atom is 0.387 e. The van der Waals surface area contributed by atoms with Crippen LogP contribution in [0.1, 0.15) is 13.3 Å². The van der Waals surface area contributed by atoms with E-state index in [-0.39, 0.29) is 23.8 Å². The van der Waals surface area contributed by atoms with Gasteiger partial charge in [-0.25, -0.2) is 4.79 Å². The van der Waals surface area contributed by atoms with E-state index in [0.717, 1.165) is 0 Å². The highest BCUT2D eigenvalue weighted by Crippen LogP contribution is 2.32. The maximum absolute atomic E-state index is 12.5. The summed E-state index contributed by atoms with van der Waals surface area (Å²) in [7, 11) is 1.38. The van der Waals surface area contributed by atoms with Crippen molar-refractivity contribution in [3.8, 4) is 11.5 Å². The lowest BCUT2D eigenvalue weighted by molar-refractivity contribution is -0.152. The summed E-state index contributed by atoms with van der Waals surface area (Å²) in [5.41, 5.74) is -0.0188. The summed E-state index contributed by atoms with van der Waals surface area (Å²) in [6.45, 7) is -1.41. The van der Waals surface area contributed by atoms with Gasteiger partial charge in [0.05, 0.1) is 12.8 Å². The summed E-state index contributed by atoms with van der Waals surface area (Å²) in [6, 6.07) is 3.96. The lowest BCUT2D eigenvalue weighted by Gasteiger charge is -2.15. The van der Waals surface area contributed by atoms with Gasteiger partial charge in [0.1, 0.15) is 17.6 Å². The average Bonchev–Trinajstić information content (AvgIpc) is 2.90. The normalized spacial score (nSPS) is 23.1. The number of halogens is 2. The molecule has 0 aliphatic carbocycles. The molecule has 9 heteroatoms. The molecule has 1 aromatic rings. The molecule has 132 valence electrons. The summed E-state index contributed by atoms with van der Waals surface area (Å²) in [6.07, 6.45) is -1.87. The van der Waals surface area contributed by atoms with Crippen LogP contribution in [-0.2, 0) is 14.3 Å². The Morgan fingerprint density at radius 1 is 1.42 bits per heavy atom. The van der Waals surface area contributed by atoms with Crippen LogP contribution in [0.15, 0.2) is 18.2 Å². The SMILES string of the molecule is COc1ccc(OC(F)F)c(NC(=O)[C@@H]2C[C@H](C)[C@@H](C(=O)O)O2)c1. The highest BCUT2D eigenvalue weighted by Gasteiger charge is 2.40. The number of amides is 1. The minimum Gasteiger partial charge on any atom is -0.497 e. The first-order chi connectivity index (χ1) is 11.3. The van der Waals surface area contributed by atoms with Crippen molar-refractivity contribution in [1.29, 1.82) is 0 Å². The number of carboxylic acid groups (broad SMARTS) is 1. The molecule has 0 unspecified atom stereocenters. The Hall–Kier alpha value is -2.42. The number of carboxylic acids is 1. The monoisotopic (exact) mass is 345 g/mol. The fourth-order valence-corrected chi connectivity index (χ4v) is 2.44. The Bertz CT molecular complexity index is 624. The number of aliphatic carboxylic acids is 1. The van der Waals surface area contributed by atoms with Gasteiger partial charge < -0.3 is 24.6 Å². The van der Waals surface area contributed by atoms with Crippen LogP contribution in [-0.4, -0.2) is 42.9 Å². The van der Waals surface area contributed by atoms with Crippen LogP contribution in [0, 0.1) is 5.92 Å². The highest BCUT2D eigenvalue weighted by molar-refractivity contribution is 5.96. The third-order valence-electron chi connectivity index (χ3n) is 3.61. The van der Waals surface area contributed by atoms with E-state index in [2.05, 4.69) is 10.1 Å². The number of nitrogens with one attached hydrogen (secondary N) is 1. The van der Waals surface area contributed by atoms with Crippen molar-refractivity contribution in [3.63, 3.8) is 0 Å². The van der Waals surface area contributed by atoms with E-state index in [1.165, 1.54) is 25.3 Å². The third-order valence-corrected chi connectivity index (χ3v) is 3.61. The van der Waals surface area contributed by atoms with Crippen molar-refractivity contribution in [3.05, 3.63) is 18.2 Å². The van der Waals surface area contributed by atoms with E-state index < -0.39 is 30.7 Å². The second kappa shape index (κ2) is 7.43. The molecule has 1 aliphatic rings. The van der Waals surface area contributed by atoms with Gasteiger partial charge in [0.15, 0.2) is 6.10 Å². The van der Waals surface area contributed by atoms with Crippen LogP contribution in [0.2, 0.25) is 0 Å². The van der Waals surface area contributed by atoms with Crippen molar-refractivity contribution in [2.45, 2.75) is 32.2 Å². The molecular formula is C15H17F2NO6. The number of ether oxygens (including phenoxy) is 3. The molecule has 1 aromatic carbocycles. The number of rotatable bonds is 6. The van der Waals surface area contributed by atoms with E-state index in [0.29, 0.717) is 5.75 Å². The summed E-state index contributed by atoms with van der Waals surface area (Å²) in [5.74, 6) is -2.05. The molecule has 3 atom stereocenters. The summed E-state index contributed by atoms with van der Waals surface area (Å²) < 4.78 is 39.5. The fraction of sp³-hybridized carbons (Fsp3) is 0.467. The zero-order valence-electron chi connectivity index (χ0n) is 13.0. The van der Waals surface area contributed by atoms with Gasteiger partial charge in [0, 0.05) is 6.07 Å². The van der Waals surface area contributed by atoms with E-state index >= 15 is 0 Å². The van der Waals surface area contributed by atoms with Gasteiger partial charge in [-0.05, 0) is 24.5 Å². The molecule has 1 saturated heterocycles. The number of alkyl halides is 2. The molecule has 1 fully saturated rings. The third kappa shape index (κ3) is 4.10. The number of hydrogen-bond acceptors (Lipinski definition) is 5. The molecule has 2 N–H and O–H groups in total. The smallest absolute Gasteiger partial charge is 0.387 e. The van der Waals surface area contributed by atoms with Gasteiger partial charge in [-0.3, -0.25) is 4.79 Å². The van der Waals surface area contributed by atoms with Crippen molar-refractivity contribution in [2.75, 3.05) is 12.4 Å². The summed E-state index contributed by atoms with van der Waals surface area (Å²) in [4.78, 5) is 23.3. The number of anilines is 1. The first-order valence-corrected chi connectivity index (χ1v) is 7.13. The molecule has 7 nitrogen and oxygen atoms in total. The largest absolute Gasteiger partial charge is 0.497 e. The average molecular weight is 345 g/mol. The Balaban J connectivity index is 2.14. The van der Waals surface area contributed by atoms with Gasteiger partial charge in [-0.2, -0.15) is 8.78 Å². The molecule has 0 aromatic heterocycles. The predicted molar refractivity (Wildman–Crippen MR) is 78.3 cm³/mol. The molecule has 0 bridgehead atoms. The highest BCUT2D eigenvalue weighted by atomic mass is 19.3. The number of hydrogen-bond donors (Lipinski definition) is 2. The maximum atomic E-state index is 12.5. The molecule has 1 heterocycles. The van der Waals surface area contributed by atoms with Crippen LogP contribution < -0.4 is 14.8 Å². The van der Waals surface area contributed by atoms with E-state index in [1.807, 2.05) is 0 Å². The number of methoxy groups -OCH3 is 1. The van der Waals surface area contributed by atoms with Crippen LogP contribution in [0.3, 0.4) is 0 Å². The number of benzene rings is 1. The van der Waals surface area contributed by atoms with Gasteiger partial charge in [0.2, 0.25) is 0 Å². The Morgan fingerprint density at radius 2 is 2.12 bits per heavy atom. The minimum absolute atomic E-state index is 0.0188. The summed E-state index contributed by atoms with van der Waals surface area (Å²) in [5, 5.41) is 11.4. The van der Waals surface area contributed by atoms with Crippen molar-refractivity contribution < 1.29 is 37.7 Å². The minimum atomic E-state index is -3.06. The zero-order chi connectivity index (χ0) is 17.9. The van der Waals surface area contributed by atoms with Crippen LogP contribution in [0.25, 0.3) is 0 Å². The lowest BCUT2D eigenvalue weighted by atomic mass is 10.0. The quantitative estimate of drug-likeness (QED) is 0.820. The van der Waals surface area contributed by atoms with Crippen molar-refractivity contribution >= 4 is 17.6 Å². The van der Waals surface area contributed by atoms with Gasteiger partial charge in [-0.1, -0.05) is 6.92 Å². The van der Waals surface area contributed by atoms with Crippen molar-refractivity contribution in [2.24, 2.45) is 5.92 Å². The molecule has 2 rings (SSSR count). The molecule has 1 amide bonds. The molecule has 1 aliphatic heterocycles. The van der Waals surface area contributed by atoms with E-state index in [9.17, 15) is 18.4 Å². The topological polar surface area (TPSA) is 94.1 Å². The standard InChI is InChI=1S/C15H17F2NO6/c1-7-5-11(23-12(7)14(20)21)13(19)18-9-6-8(22-2)3-4-10(9)24-15(16)17/h3-4,6-7,11-12,15H,5H2,1-2H3,(H,18,19)(H,20,21)/t7-,11-,12-/m0/s1. The van der Waals surface area contributed by atoms with E-state index in [4.69, 9.17) is 14.6 Å². The fourth-order valence-electron chi connectivity index (χ4n) is 2.44. The van der Waals surface area contributed by atoms with Crippen LogP contribution >= 0.6 is 0 Å². The molecule has 0 spiro atoms. The van der Waals surface area contributed by atoms with Crippen LogP contribution in [0.4, 0.5) is 14.5 Å². The Labute approximate surface area is 136 Å². The number of carbonyl (C=O) groups excluding carboxylic acids is 1. The molecule has 0 radical (unpaired) electrons. The summed E-state index contributed by atoms with van der Waals surface area (Å²) >= 11 is 0. The molecule has 24 heavy (non-hydrogen) atoms. The number of carbonyl (C=O) groups is 2. The van der Waals surface area contributed by atoms with Crippen molar-refractivity contribution in [1.82, 2.24) is 0 Å².